The summed E-state index contributed by atoms with van der Waals surface area (Å²) in [6.07, 6.45) is 3.35. The summed E-state index contributed by atoms with van der Waals surface area (Å²) in [6.45, 7) is 3.68. The van der Waals surface area contributed by atoms with E-state index in [0.29, 0.717) is 11.5 Å². The Bertz CT molecular complexity index is 648. The average Bonchev–Trinajstić information content (AvgIpc) is 2.58. The number of aromatic nitrogens is 2. The van der Waals surface area contributed by atoms with E-state index in [2.05, 4.69) is 15.5 Å². The Morgan fingerprint density at radius 3 is 2.50 bits per heavy atom. The van der Waals surface area contributed by atoms with Gasteiger partial charge in [0.05, 0.1) is 0 Å². The number of likely N-dealkylation sites (tertiary alicyclic amines) is 1. The molecule has 0 atom stereocenters. The predicted molar refractivity (Wildman–Crippen MR) is 86.2 cm³/mol. The zero-order valence-electron chi connectivity index (χ0n) is 12.7. The smallest absolute Gasteiger partial charge is 0.274 e. The number of hydrogen-bond acceptors (Lipinski definition) is 4. The molecule has 0 radical (unpaired) electrons. The Morgan fingerprint density at radius 2 is 1.82 bits per heavy atom. The molecule has 3 rings (SSSR count). The Balaban J connectivity index is 1.70. The summed E-state index contributed by atoms with van der Waals surface area (Å²) in [5, 5.41) is 11.4. The van der Waals surface area contributed by atoms with Crippen LogP contribution in [0.5, 0.6) is 0 Å². The van der Waals surface area contributed by atoms with E-state index in [4.69, 9.17) is 0 Å². The lowest BCUT2D eigenvalue weighted by Gasteiger charge is -2.26. The van der Waals surface area contributed by atoms with Crippen molar-refractivity contribution in [2.45, 2.75) is 26.2 Å². The number of para-hydroxylation sites is 1. The molecule has 0 unspecified atom stereocenters. The molecule has 1 amide bonds. The van der Waals surface area contributed by atoms with Gasteiger partial charge in [0.15, 0.2) is 11.5 Å². The molecule has 5 nitrogen and oxygen atoms in total. The predicted octanol–water partition coefficient (Wildman–Crippen LogP) is 3.15. The highest BCUT2D eigenvalue weighted by Gasteiger charge is 2.19. The molecule has 1 aliphatic heterocycles. The second-order valence-corrected chi connectivity index (χ2v) is 5.60. The number of nitrogens with one attached hydrogen (secondary N) is 1. The Hall–Kier alpha value is -2.43. The van der Waals surface area contributed by atoms with E-state index in [-0.39, 0.29) is 5.91 Å². The van der Waals surface area contributed by atoms with Crippen LogP contribution in [0.2, 0.25) is 0 Å². The van der Waals surface area contributed by atoms with Crippen molar-refractivity contribution in [3.8, 4) is 0 Å². The monoisotopic (exact) mass is 296 g/mol. The van der Waals surface area contributed by atoms with Crippen molar-refractivity contribution in [2.24, 2.45) is 0 Å². The molecule has 1 saturated heterocycles. The number of benzene rings is 1. The van der Waals surface area contributed by atoms with Gasteiger partial charge in [-0.25, -0.2) is 0 Å². The fraction of sp³-hybridized carbons (Fsp3) is 0.353. The molecule has 1 aromatic carbocycles. The third kappa shape index (κ3) is 3.24. The van der Waals surface area contributed by atoms with Crippen molar-refractivity contribution in [3.63, 3.8) is 0 Å². The van der Waals surface area contributed by atoms with Gasteiger partial charge >= 0.3 is 0 Å². The fourth-order valence-corrected chi connectivity index (χ4v) is 2.62. The standard InChI is InChI=1S/C17H20N4O/c1-13-7-3-4-8-14(13)18-16-10-9-15(19-20-16)17(22)21-11-5-2-6-12-21/h3-4,7-10H,2,5-6,11-12H2,1H3,(H,18,20). The summed E-state index contributed by atoms with van der Waals surface area (Å²) < 4.78 is 0. The molecule has 22 heavy (non-hydrogen) atoms. The summed E-state index contributed by atoms with van der Waals surface area (Å²) in [5.74, 6) is 0.624. The number of carbonyl (C=O) groups is 1. The van der Waals surface area contributed by atoms with Gasteiger partial charge in [-0.1, -0.05) is 18.2 Å². The Morgan fingerprint density at radius 1 is 1.05 bits per heavy atom. The van der Waals surface area contributed by atoms with Gasteiger partial charge in [0.1, 0.15) is 0 Å². The molecule has 114 valence electrons. The number of anilines is 2. The highest BCUT2D eigenvalue weighted by Crippen LogP contribution is 2.18. The number of aryl methyl sites for hydroxylation is 1. The van der Waals surface area contributed by atoms with Crippen LogP contribution in [0.4, 0.5) is 11.5 Å². The summed E-state index contributed by atoms with van der Waals surface area (Å²) in [7, 11) is 0. The zero-order valence-corrected chi connectivity index (χ0v) is 12.7. The first kappa shape index (κ1) is 14.5. The minimum atomic E-state index is -0.0189. The van der Waals surface area contributed by atoms with Crippen molar-refractivity contribution in [2.75, 3.05) is 18.4 Å². The van der Waals surface area contributed by atoms with E-state index in [0.717, 1.165) is 37.2 Å². The minimum absolute atomic E-state index is 0.0189. The van der Waals surface area contributed by atoms with Crippen LogP contribution >= 0.6 is 0 Å². The van der Waals surface area contributed by atoms with Crippen molar-refractivity contribution in [1.29, 1.82) is 0 Å². The van der Waals surface area contributed by atoms with E-state index < -0.39 is 0 Å². The van der Waals surface area contributed by atoms with E-state index >= 15 is 0 Å². The summed E-state index contributed by atoms with van der Waals surface area (Å²) in [4.78, 5) is 14.2. The lowest BCUT2D eigenvalue weighted by molar-refractivity contribution is 0.0717. The molecular formula is C17H20N4O. The largest absolute Gasteiger partial charge is 0.339 e. The van der Waals surface area contributed by atoms with Gasteiger partial charge in [-0.15, -0.1) is 10.2 Å². The highest BCUT2D eigenvalue weighted by atomic mass is 16.2. The first-order valence-corrected chi connectivity index (χ1v) is 7.70. The molecule has 0 aliphatic carbocycles. The van der Waals surface area contributed by atoms with Gasteiger partial charge in [-0.05, 0) is 49.9 Å². The van der Waals surface area contributed by atoms with Crippen LogP contribution < -0.4 is 5.32 Å². The molecule has 0 saturated carbocycles. The van der Waals surface area contributed by atoms with Gasteiger partial charge in [-0.2, -0.15) is 0 Å². The zero-order chi connectivity index (χ0) is 15.4. The summed E-state index contributed by atoms with van der Waals surface area (Å²) in [5.41, 5.74) is 2.54. The van der Waals surface area contributed by atoms with Crippen LogP contribution in [0, 0.1) is 6.92 Å². The minimum Gasteiger partial charge on any atom is -0.339 e. The van der Waals surface area contributed by atoms with Crippen LogP contribution in [0.3, 0.4) is 0 Å². The maximum atomic E-state index is 12.3. The second kappa shape index (κ2) is 6.56. The molecule has 2 heterocycles. The number of carbonyl (C=O) groups excluding carboxylic acids is 1. The number of amides is 1. The van der Waals surface area contributed by atoms with Crippen molar-refractivity contribution in [3.05, 3.63) is 47.7 Å². The van der Waals surface area contributed by atoms with Crippen LogP contribution in [0.25, 0.3) is 0 Å². The quantitative estimate of drug-likeness (QED) is 0.945. The normalized spacial score (nSPS) is 14.7. The highest BCUT2D eigenvalue weighted by molar-refractivity contribution is 5.92. The fourth-order valence-electron chi connectivity index (χ4n) is 2.62. The van der Waals surface area contributed by atoms with Gasteiger partial charge in [-0.3, -0.25) is 4.79 Å². The number of rotatable bonds is 3. The van der Waals surface area contributed by atoms with Gasteiger partial charge in [0.2, 0.25) is 0 Å². The first-order valence-electron chi connectivity index (χ1n) is 7.70. The van der Waals surface area contributed by atoms with E-state index in [1.807, 2.05) is 36.1 Å². The molecule has 1 N–H and O–H groups in total. The van der Waals surface area contributed by atoms with Gasteiger partial charge in [0, 0.05) is 18.8 Å². The Labute approximate surface area is 130 Å². The van der Waals surface area contributed by atoms with Crippen molar-refractivity contribution in [1.82, 2.24) is 15.1 Å². The van der Waals surface area contributed by atoms with E-state index in [9.17, 15) is 4.79 Å². The average molecular weight is 296 g/mol. The molecule has 0 spiro atoms. The van der Waals surface area contributed by atoms with E-state index in [1.54, 1.807) is 12.1 Å². The van der Waals surface area contributed by atoms with Crippen molar-refractivity contribution < 1.29 is 4.79 Å². The summed E-state index contributed by atoms with van der Waals surface area (Å²) in [6, 6.07) is 11.5. The van der Waals surface area contributed by atoms with E-state index in [1.165, 1.54) is 6.42 Å². The van der Waals surface area contributed by atoms with Crippen LogP contribution in [-0.4, -0.2) is 34.1 Å². The molecule has 1 aliphatic rings. The molecular weight excluding hydrogens is 276 g/mol. The Kier molecular flexibility index (Phi) is 4.32. The maximum Gasteiger partial charge on any atom is 0.274 e. The van der Waals surface area contributed by atoms with Gasteiger partial charge < -0.3 is 10.2 Å². The van der Waals surface area contributed by atoms with Crippen LogP contribution in [0.1, 0.15) is 35.3 Å². The second-order valence-electron chi connectivity index (χ2n) is 5.60. The van der Waals surface area contributed by atoms with Crippen LogP contribution in [-0.2, 0) is 0 Å². The van der Waals surface area contributed by atoms with Gasteiger partial charge in [0.25, 0.3) is 5.91 Å². The SMILES string of the molecule is Cc1ccccc1Nc1ccc(C(=O)N2CCCCC2)nn1. The third-order valence-electron chi connectivity index (χ3n) is 3.93. The molecule has 1 aromatic heterocycles. The molecule has 0 bridgehead atoms. The van der Waals surface area contributed by atoms with Crippen molar-refractivity contribution >= 4 is 17.4 Å². The number of nitrogens with zero attached hydrogens (tertiary/aromatic N) is 3. The lowest BCUT2D eigenvalue weighted by atomic mass is 10.1. The topological polar surface area (TPSA) is 58.1 Å². The lowest BCUT2D eigenvalue weighted by Crippen LogP contribution is -2.36. The van der Waals surface area contributed by atoms with Crippen LogP contribution in [0.15, 0.2) is 36.4 Å². The maximum absolute atomic E-state index is 12.3. The number of hydrogen-bond donors (Lipinski definition) is 1. The third-order valence-corrected chi connectivity index (χ3v) is 3.93. The molecule has 2 aromatic rings. The molecule has 5 heteroatoms. The first-order chi connectivity index (χ1) is 10.7. The molecule has 1 fully saturated rings. The summed E-state index contributed by atoms with van der Waals surface area (Å²) >= 11 is 0. The number of piperidine rings is 1.